The molecular formula is C20H26ClN5O. The maximum absolute atomic E-state index is 12.3. The van der Waals surface area contributed by atoms with Crippen molar-refractivity contribution >= 4 is 29.0 Å². The second-order valence-electron chi connectivity index (χ2n) is 7.17. The Morgan fingerprint density at radius 2 is 1.89 bits per heavy atom. The predicted octanol–water partition coefficient (Wildman–Crippen LogP) is 3.32. The first-order valence-corrected chi connectivity index (χ1v) is 9.67. The Bertz CT molecular complexity index is 803. The third kappa shape index (κ3) is 5.17. The number of para-hydroxylation sites is 1. The number of amides is 1. The molecule has 1 N–H and O–H groups in total. The Morgan fingerprint density at radius 3 is 2.56 bits per heavy atom. The van der Waals surface area contributed by atoms with Crippen LogP contribution in [-0.2, 0) is 4.79 Å². The Morgan fingerprint density at radius 1 is 1.19 bits per heavy atom. The highest BCUT2D eigenvalue weighted by molar-refractivity contribution is 6.33. The Balaban J connectivity index is 1.55. The molecule has 0 atom stereocenters. The zero-order valence-corrected chi connectivity index (χ0v) is 16.8. The van der Waals surface area contributed by atoms with Gasteiger partial charge in [0.05, 0.1) is 17.3 Å². The largest absolute Gasteiger partial charge is 0.354 e. The van der Waals surface area contributed by atoms with Crippen LogP contribution in [0.2, 0.25) is 5.02 Å². The molecule has 7 heteroatoms. The number of carbonyl (C=O) groups is 1. The average Bonchev–Trinajstić information content (AvgIpc) is 2.63. The average molecular weight is 388 g/mol. The lowest BCUT2D eigenvalue weighted by molar-refractivity contribution is -0.117. The van der Waals surface area contributed by atoms with Crippen LogP contribution >= 0.6 is 11.6 Å². The number of nitrogens with zero attached hydrogens (tertiary/aromatic N) is 4. The number of aromatic nitrogens is 2. The van der Waals surface area contributed by atoms with E-state index in [0.29, 0.717) is 23.2 Å². The Kier molecular flexibility index (Phi) is 6.29. The van der Waals surface area contributed by atoms with Gasteiger partial charge in [-0.2, -0.15) is 0 Å². The number of carbonyl (C=O) groups excluding carboxylic acids is 1. The number of benzene rings is 1. The highest BCUT2D eigenvalue weighted by Gasteiger charge is 2.21. The van der Waals surface area contributed by atoms with Gasteiger partial charge in [0.1, 0.15) is 11.6 Å². The van der Waals surface area contributed by atoms with Crippen LogP contribution in [0.4, 0.5) is 11.5 Å². The number of rotatable bonds is 5. The van der Waals surface area contributed by atoms with E-state index in [-0.39, 0.29) is 5.91 Å². The topological polar surface area (TPSA) is 61.4 Å². The minimum Gasteiger partial charge on any atom is -0.354 e. The van der Waals surface area contributed by atoms with E-state index in [2.05, 4.69) is 33.9 Å². The van der Waals surface area contributed by atoms with E-state index in [1.165, 1.54) is 0 Å². The molecule has 144 valence electrons. The third-order valence-corrected chi connectivity index (χ3v) is 4.92. The first-order valence-electron chi connectivity index (χ1n) is 9.29. The molecule has 6 nitrogen and oxygen atoms in total. The molecule has 1 aromatic carbocycles. The lowest BCUT2D eigenvalue weighted by Crippen LogP contribution is -2.49. The van der Waals surface area contributed by atoms with Crippen molar-refractivity contribution in [3.63, 3.8) is 0 Å². The summed E-state index contributed by atoms with van der Waals surface area (Å²) in [6, 6.07) is 9.31. The summed E-state index contributed by atoms with van der Waals surface area (Å²) in [5.41, 5.74) is 1.64. The van der Waals surface area contributed by atoms with Gasteiger partial charge in [0, 0.05) is 43.9 Å². The van der Waals surface area contributed by atoms with E-state index in [0.717, 1.165) is 43.5 Å². The third-order valence-electron chi connectivity index (χ3n) is 4.59. The first-order chi connectivity index (χ1) is 12.9. The van der Waals surface area contributed by atoms with Crippen LogP contribution in [0.25, 0.3) is 0 Å². The summed E-state index contributed by atoms with van der Waals surface area (Å²) in [7, 11) is 0. The monoisotopic (exact) mass is 387 g/mol. The van der Waals surface area contributed by atoms with Crippen molar-refractivity contribution in [3.8, 4) is 0 Å². The van der Waals surface area contributed by atoms with Gasteiger partial charge in [-0.15, -0.1) is 0 Å². The van der Waals surface area contributed by atoms with Gasteiger partial charge in [-0.05, 0) is 19.1 Å². The van der Waals surface area contributed by atoms with Crippen molar-refractivity contribution in [3.05, 3.63) is 46.9 Å². The number of halogens is 1. The molecule has 0 spiro atoms. The molecule has 27 heavy (non-hydrogen) atoms. The molecule has 3 rings (SSSR count). The van der Waals surface area contributed by atoms with Crippen LogP contribution in [0.15, 0.2) is 30.3 Å². The zero-order chi connectivity index (χ0) is 19.4. The summed E-state index contributed by atoms with van der Waals surface area (Å²) in [6.07, 6.45) is 0. The fraction of sp³-hybridized carbons (Fsp3) is 0.450. The number of piperazine rings is 1. The van der Waals surface area contributed by atoms with E-state index in [9.17, 15) is 4.79 Å². The second kappa shape index (κ2) is 8.67. The summed E-state index contributed by atoms with van der Waals surface area (Å²) >= 11 is 6.10. The summed E-state index contributed by atoms with van der Waals surface area (Å²) in [5, 5.41) is 3.43. The normalized spacial score (nSPS) is 15.2. The zero-order valence-electron chi connectivity index (χ0n) is 16.1. The van der Waals surface area contributed by atoms with Crippen molar-refractivity contribution in [2.75, 3.05) is 42.9 Å². The van der Waals surface area contributed by atoms with E-state index in [1.54, 1.807) is 6.07 Å². The SMILES string of the molecule is Cc1cc(N2CCN(CC(=O)Nc3ccccc3Cl)CC2)nc(C(C)C)n1. The Labute approximate surface area is 165 Å². The molecule has 2 aromatic rings. The molecule has 1 aliphatic rings. The standard InChI is InChI=1S/C20H26ClN5O/c1-14(2)20-22-15(3)12-18(24-20)26-10-8-25(9-11-26)13-19(27)23-17-7-5-4-6-16(17)21/h4-7,12,14H,8-11,13H2,1-3H3,(H,23,27). The van der Waals surface area contributed by atoms with Gasteiger partial charge in [0.25, 0.3) is 0 Å². The minimum absolute atomic E-state index is 0.0449. The number of nitrogens with one attached hydrogen (secondary N) is 1. The van der Waals surface area contributed by atoms with Gasteiger partial charge in [-0.1, -0.05) is 37.6 Å². The molecule has 1 aromatic heterocycles. The van der Waals surface area contributed by atoms with E-state index in [4.69, 9.17) is 16.6 Å². The number of aryl methyl sites for hydroxylation is 1. The van der Waals surface area contributed by atoms with Gasteiger partial charge in [-0.3, -0.25) is 9.69 Å². The summed E-state index contributed by atoms with van der Waals surface area (Å²) < 4.78 is 0. The molecule has 1 amide bonds. The molecule has 1 aliphatic heterocycles. The fourth-order valence-corrected chi connectivity index (χ4v) is 3.27. The second-order valence-corrected chi connectivity index (χ2v) is 7.58. The van der Waals surface area contributed by atoms with Crippen LogP contribution in [0.5, 0.6) is 0 Å². The summed E-state index contributed by atoms with van der Waals surface area (Å²) in [6.45, 7) is 9.89. The van der Waals surface area contributed by atoms with Crippen molar-refractivity contribution in [1.29, 1.82) is 0 Å². The molecule has 1 fully saturated rings. The highest BCUT2D eigenvalue weighted by Crippen LogP contribution is 2.21. The van der Waals surface area contributed by atoms with Crippen LogP contribution in [0, 0.1) is 6.92 Å². The van der Waals surface area contributed by atoms with Gasteiger partial charge in [0.2, 0.25) is 5.91 Å². The molecule has 0 unspecified atom stereocenters. The van der Waals surface area contributed by atoms with Crippen LogP contribution < -0.4 is 10.2 Å². The van der Waals surface area contributed by atoms with Crippen molar-refractivity contribution in [2.45, 2.75) is 26.7 Å². The molecule has 0 bridgehead atoms. The van der Waals surface area contributed by atoms with Gasteiger partial charge in [0.15, 0.2) is 0 Å². The van der Waals surface area contributed by atoms with Gasteiger partial charge >= 0.3 is 0 Å². The minimum atomic E-state index is -0.0449. The molecular weight excluding hydrogens is 362 g/mol. The molecule has 0 saturated carbocycles. The van der Waals surface area contributed by atoms with E-state index < -0.39 is 0 Å². The number of anilines is 2. The fourth-order valence-electron chi connectivity index (χ4n) is 3.09. The highest BCUT2D eigenvalue weighted by atomic mass is 35.5. The van der Waals surface area contributed by atoms with Crippen LogP contribution in [0.3, 0.4) is 0 Å². The van der Waals surface area contributed by atoms with Crippen molar-refractivity contribution in [2.24, 2.45) is 0 Å². The molecule has 0 aliphatic carbocycles. The van der Waals surface area contributed by atoms with Gasteiger partial charge < -0.3 is 10.2 Å². The first kappa shape index (κ1) is 19.6. The van der Waals surface area contributed by atoms with Crippen molar-refractivity contribution < 1.29 is 4.79 Å². The summed E-state index contributed by atoms with van der Waals surface area (Å²) in [4.78, 5) is 26.0. The van der Waals surface area contributed by atoms with Gasteiger partial charge in [-0.25, -0.2) is 9.97 Å². The quantitative estimate of drug-likeness (QED) is 0.852. The van der Waals surface area contributed by atoms with Crippen molar-refractivity contribution in [1.82, 2.24) is 14.9 Å². The maximum Gasteiger partial charge on any atom is 0.238 e. The molecule has 2 heterocycles. The lowest BCUT2D eigenvalue weighted by Gasteiger charge is -2.35. The maximum atomic E-state index is 12.3. The molecule has 1 saturated heterocycles. The number of hydrogen-bond donors (Lipinski definition) is 1. The lowest BCUT2D eigenvalue weighted by atomic mass is 10.2. The number of hydrogen-bond acceptors (Lipinski definition) is 5. The molecule has 0 radical (unpaired) electrons. The Hall–Kier alpha value is -2.18. The van der Waals surface area contributed by atoms with E-state index in [1.807, 2.05) is 31.2 Å². The van der Waals surface area contributed by atoms with E-state index >= 15 is 0 Å². The predicted molar refractivity (Wildman–Crippen MR) is 110 cm³/mol. The van der Waals surface area contributed by atoms with Crippen LogP contribution in [-0.4, -0.2) is 53.5 Å². The summed E-state index contributed by atoms with van der Waals surface area (Å²) in [5.74, 6) is 2.12. The van der Waals surface area contributed by atoms with Crippen LogP contribution in [0.1, 0.15) is 31.3 Å². The smallest absolute Gasteiger partial charge is 0.238 e.